The van der Waals surface area contributed by atoms with Gasteiger partial charge in [-0.3, -0.25) is 9.36 Å². The summed E-state index contributed by atoms with van der Waals surface area (Å²) >= 11 is 0. The highest BCUT2D eigenvalue weighted by atomic mass is 16.5. The number of fused-ring (bicyclic) bond motifs is 1. The summed E-state index contributed by atoms with van der Waals surface area (Å²) in [6.45, 7) is 3.50. The summed E-state index contributed by atoms with van der Waals surface area (Å²) in [5, 5.41) is 4.24. The fourth-order valence-electron chi connectivity index (χ4n) is 3.88. The maximum atomic E-state index is 12.6. The van der Waals surface area contributed by atoms with Crippen LogP contribution >= 0.6 is 0 Å². The van der Waals surface area contributed by atoms with Crippen LogP contribution in [0.1, 0.15) is 50.1 Å². The summed E-state index contributed by atoms with van der Waals surface area (Å²) in [7, 11) is 0. The molecule has 2 aliphatic rings. The zero-order chi connectivity index (χ0) is 16.5. The molecule has 1 saturated carbocycles. The molecule has 4 rings (SSSR count). The van der Waals surface area contributed by atoms with E-state index in [-0.39, 0.29) is 17.7 Å². The molecule has 1 atom stereocenters. The van der Waals surface area contributed by atoms with E-state index >= 15 is 0 Å². The van der Waals surface area contributed by atoms with Crippen molar-refractivity contribution < 1.29 is 4.74 Å². The third-order valence-electron chi connectivity index (χ3n) is 5.20. The van der Waals surface area contributed by atoms with Crippen LogP contribution in [0.15, 0.2) is 17.1 Å². The lowest BCUT2D eigenvalue weighted by Crippen LogP contribution is -2.25. The Morgan fingerprint density at radius 3 is 2.88 bits per heavy atom. The molecule has 0 amide bonds. The highest BCUT2D eigenvalue weighted by Gasteiger charge is 2.22. The summed E-state index contributed by atoms with van der Waals surface area (Å²) in [6, 6.07) is 1.98. The third kappa shape index (κ3) is 2.90. The van der Waals surface area contributed by atoms with Gasteiger partial charge in [-0.1, -0.05) is 12.8 Å². The van der Waals surface area contributed by atoms with Crippen molar-refractivity contribution in [3.05, 3.63) is 28.2 Å². The van der Waals surface area contributed by atoms with Crippen LogP contribution in [0.2, 0.25) is 0 Å². The van der Waals surface area contributed by atoms with E-state index in [9.17, 15) is 4.79 Å². The molecule has 0 bridgehead atoms. The van der Waals surface area contributed by atoms with Gasteiger partial charge in [-0.15, -0.1) is 0 Å². The average molecular weight is 328 g/mol. The molecule has 3 heterocycles. The van der Waals surface area contributed by atoms with E-state index in [1.807, 2.05) is 17.7 Å². The van der Waals surface area contributed by atoms with E-state index in [1.54, 1.807) is 6.07 Å². The molecule has 6 nitrogen and oxygen atoms in total. The standard InChI is InChI=1S/C18H24N4O2/c1-12-9-16(23)22(13-5-2-3-6-13)17-15(12)11-20-18(21-17)19-10-14-7-4-8-24-14/h9,11,13-14H,2-8,10H2,1H3,(H,19,20,21). The molecule has 0 aromatic carbocycles. The lowest BCUT2D eigenvalue weighted by molar-refractivity contribution is 0.120. The van der Waals surface area contributed by atoms with Crippen molar-refractivity contribution in [2.45, 2.75) is 57.6 Å². The van der Waals surface area contributed by atoms with Crippen LogP contribution in [-0.2, 0) is 4.74 Å². The SMILES string of the molecule is Cc1cc(=O)n(C2CCCC2)c2nc(NCC3CCCO3)ncc12. The molecule has 0 spiro atoms. The smallest absolute Gasteiger partial charge is 0.252 e. The summed E-state index contributed by atoms with van der Waals surface area (Å²) in [4.78, 5) is 21.7. The lowest BCUT2D eigenvalue weighted by Gasteiger charge is -2.18. The van der Waals surface area contributed by atoms with Crippen LogP contribution in [0.4, 0.5) is 5.95 Å². The zero-order valence-electron chi connectivity index (χ0n) is 14.1. The Morgan fingerprint density at radius 1 is 1.29 bits per heavy atom. The fourth-order valence-corrected chi connectivity index (χ4v) is 3.88. The second-order valence-corrected chi connectivity index (χ2v) is 6.92. The first-order valence-corrected chi connectivity index (χ1v) is 8.97. The summed E-state index contributed by atoms with van der Waals surface area (Å²) in [5.41, 5.74) is 1.75. The van der Waals surface area contributed by atoms with Gasteiger partial charge < -0.3 is 10.1 Å². The van der Waals surface area contributed by atoms with Gasteiger partial charge in [-0.25, -0.2) is 4.98 Å². The van der Waals surface area contributed by atoms with Gasteiger partial charge in [0.05, 0.1) is 6.10 Å². The highest BCUT2D eigenvalue weighted by molar-refractivity contribution is 5.79. The molecule has 1 aliphatic carbocycles. The van der Waals surface area contributed by atoms with Gasteiger partial charge in [0.25, 0.3) is 5.56 Å². The van der Waals surface area contributed by atoms with Crippen molar-refractivity contribution in [3.8, 4) is 0 Å². The molecule has 2 aromatic heterocycles. The van der Waals surface area contributed by atoms with Crippen LogP contribution < -0.4 is 10.9 Å². The number of anilines is 1. The predicted octanol–water partition coefficient (Wildman–Crippen LogP) is 2.81. The quantitative estimate of drug-likeness (QED) is 0.934. The molecular weight excluding hydrogens is 304 g/mol. The Bertz CT molecular complexity index is 789. The topological polar surface area (TPSA) is 69.0 Å². The van der Waals surface area contributed by atoms with E-state index in [0.29, 0.717) is 12.5 Å². The molecule has 2 fully saturated rings. The number of ether oxygens (including phenoxy) is 1. The monoisotopic (exact) mass is 328 g/mol. The number of rotatable bonds is 4. The Labute approximate surface area is 141 Å². The number of aryl methyl sites for hydroxylation is 1. The number of aromatic nitrogens is 3. The predicted molar refractivity (Wildman–Crippen MR) is 93.5 cm³/mol. The molecule has 6 heteroatoms. The first-order valence-electron chi connectivity index (χ1n) is 8.97. The van der Waals surface area contributed by atoms with Gasteiger partial charge in [0.1, 0.15) is 5.65 Å². The number of pyridine rings is 1. The molecular formula is C18H24N4O2. The summed E-state index contributed by atoms with van der Waals surface area (Å²) in [6.07, 6.45) is 8.74. The van der Waals surface area contributed by atoms with Crippen LogP contribution in [0.3, 0.4) is 0 Å². The van der Waals surface area contributed by atoms with Gasteiger partial charge in [-0.05, 0) is 38.2 Å². The van der Waals surface area contributed by atoms with Crippen LogP contribution in [-0.4, -0.2) is 33.8 Å². The van der Waals surface area contributed by atoms with Crippen molar-refractivity contribution in [2.75, 3.05) is 18.5 Å². The largest absolute Gasteiger partial charge is 0.376 e. The van der Waals surface area contributed by atoms with Gasteiger partial charge in [-0.2, -0.15) is 4.98 Å². The number of nitrogens with zero attached hydrogens (tertiary/aromatic N) is 3. The number of hydrogen-bond donors (Lipinski definition) is 1. The van der Waals surface area contributed by atoms with E-state index in [4.69, 9.17) is 4.74 Å². The molecule has 0 radical (unpaired) electrons. The number of nitrogens with one attached hydrogen (secondary N) is 1. The fraction of sp³-hybridized carbons (Fsp3) is 0.611. The van der Waals surface area contributed by atoms with Crippen LogP contribution in [0, 0.1) is 6.92 Å². The zero-order valence-corrected chi connectivity index (χ0v) is 14.1. The maximum Gasteiger partial charge on any atom is 0.252 e. The van der Waals surface area contributed by atoms with Crippen LogP contribution in [0.5, 0.6) is 0 Å². The lowest BCUT2D eigenvalue weighted by atomic mass is 10.1. The maximum absolute atomic E-state index is 12.6. The molecule has 1 N–H and O–H groups in total. The van der Waals surface area contributed by atoms with Crippen molar-refractivity contribution in [2.24, 2.45) is 0 Å². The molecule has 2 aromatic rings. The van der Waals surface area contributed by atoms with E-state index < -0.39 is 0 Å². The Morgan fingerprint density at radius 2 is 2.12 bits per heavy atom. The Balaban J connectivity index is 1.70. The minimum absolute atomic E-state index is 0.0516. The second kappa shape index (κ2) is 6.51. The van der Waals surface area contributed by atoms with E-state index in [1.165, 1.54) is 12.8 Å². The first-order chi connectivity index (χ1) is 11.7. The molecule has 24 heavy (non-hydrogen) atoms. The minimum Gasteiger partial charge on any atom is -0.376 e. The average Bonchev–Trinajstić information content (AvgIpc) is 3.26. The van der Waals surface area contributed by atoms with Crippen molar-refractivity contribution in [1.82, 2.24) is 14.5 Å². The summed E-state index contributed by atoms with van der Waals surface area (Å²) in [5.74, 6) is 0.578. The first kappa shape index (κ1) is 15.6. The second-order valence-electron chi connectivity index (χ2n) is 6.92. The van der Waals surface area contributed by atoms with Crippen molar-refractivity contribution in [3.63, 3.8) is 0 Å². The molecule has 1 aliphatic heterocycles. The van der Waals surface area contributed by atoms with E-state index in [0.717, 1.165) is 48.9 Å². The third-order valence-corrected chi connectivity index (χ3v) is 5.20. The van der Waals surface area contributed by atoms with Gasteiger partial charge >= 0.3 is 0 Å². The minimum atomic E-state index is 0.0516. The van der Waals surface area contributed by atoms with Crippen LogP contribution in [0.25, 0.3) is 11.0 Å². The Kier molecular flexibility index (Phi) is 4.22. The van der Waals surface area contributed by atoms with Gasteiger partial charge in [0.2, 0.25) is 5.95 Å². The molecule has 1 unspecified atom stereocenters. The van der Waals surface area contributed by atoms with Crippen molar-refractivity contribution >= 4 is 17.0 Å². The summed E-state index contributed by atoms with van der Waals surface area (Å²) < 4.78 is 7.52. The number of hydrogen-bond acceptors (Lipinski definition) is 5. The highest BCUT2D eigenvalue weighted by Crippen LogP contribution is 2.30. The Hall–Kier alpha value is -1.95. The molecule has 1 saturated heterocycles. The molecule has 128 valence electrons. The van der Waals surface area contributed by atoms with Gasteiger partial charge in [0.15, 0.2) is 0 Å². The van der Waals surface area contributed by atoms with Gasteiger partial charge in [0, 0.05) is 36.8 Å². The van der Waals surface area contributed by atoms with E-state index in [2.05, 4.69) is 15.3 Å². The normalized spacial score (nSPS) is 21.6. The van der Waals surface area contributed by atoms with Crippen molar-refractivity contribution in [1.29, 1.82) is 0 Å².